The summed E-state index contributed by atoms with van der Waals surface area (Å²) in [6, 6.07) is 10.9. The minimum Gasteiger partial charge on any atom is -0.467 e. The Balaban J connectivity index is 2.27. The van der Waals surface area contributed by atoms with Crippen LogP contribution in [-0.4, -0.2) is 0 Å². The highest BCUT2D eigenvalue weighted by Crippen LogP contribution is 2.30. The van der Waals surface area contributed by atoms with E-state index >= 15 is 0 Å². The first kappa shape index (κ1) is 14.7. The lowest BCUT2D eigenvalue weighted by molar-refractivity contribution is 0.490. The molecule has 0 spiro atoms. The van der Waals surface area contributed by atoms with E-state index in [-0.39, 0.29) is 6.04 Å². The molecule has 20 heavy (non-hydrogen) atoms. The second kappa shape index (κ2) is 6.17. The van der Waals surface area contributed by atoms with Gasteiger partial charge in [0.1, 0.15) is 5.76 Å². The average molecular weight is 271 g/mol. The zero-order valence-corrected chi connectivity index (χ0v) is 13.1. The van der Waals surface area contributed by atoms with Crippen molar-refractivity contribution in [3.8, 4) is 0 Å². The zero-order chi connectivity index (χ0) is 14.7. The van der Waals surface area contributed by atoms with Crippen LogP contribution in [0.5, 0.6) is 0 Å². The third-order valence-corrected chi connectivity index (χ3v) is 3.71. The van der Waals surface area contributed by atoms with Crippen LogP contribution in [-0.2, 0) is 0 Å². The Morgan fingerprint density at radius 2 is 1.70 bits per heavy atom. The van der Waals surface area contributed by atoms with Gasteiger partial charge in [-0.1, -0.05) is 39.8 Å². The molecule has 0 aliphatic carbocycles. The van der Waals surface area contributed by atoms with Crippen molar-refractivity contribution >= 4 is 5.69 Å². The van der Waals surface area contributed by atoms with Crippen molar-refractivity contribution in [1.29, 1.82) is 0 Å². The molecule has 0 aliphatic rings. The quantitative estimate of drug-likeness (QED) is 0.754. The van der Waals surface area contributed by atoms with Gasteiger partial charge in [0, 0.05) is 5.69 Å². The minimum atomic E-state index is 0.174. The van der Waals surface area contributed by atoms with E-state index in [1.807, 2.05) is 12.1 Å². The SMILES string of the molecule is CC(C)c1ccc(NC(C)c2ccco2)c(C(C)C)c1. The standard InChI is InChI=1S/C18H25NO/c1-12(2)15-8-9-17(16(11-15)13(3)4)19-14(5)18-7-6-10-20-18/h6-14,19H,1-5H3. The molecule has 108 valence electrons. The van der Waals surface area contributed by atoms with Crippen LogP contribution < -0.4 is 5.32 Å². The van der Waals surface area contributed by atoms with Crippen molar-refractivity contribution in [2.45, 2.75) is 52.5 Å². The van der Waals surface area contributed by atoms with Crippen molar-refractivity contribution < 1.29 is 4.42 Å². The molecule has 1 atom stereocenters. The van der Waals surface area contributed by atoms with Crippen LogP contribution in [0, 0.1) is 0 Å². The first-order chi connectivity index (χ1) is 9.49. The van der Waals surface area contributed by atoms with Gasteiger partial charge in [-0.05, 0) is 48.1 Å². The Kier molecular flexibility index (Phi) is 4.53. The fourth-order valence-corrected chi connectivity index (χ4v) is 2.39. The summed E-state index contributed by atoms with van der Waals surface area (Å²) in [5, 5.41) is 3.57. The number of anilines is 1. The molecule has 1 aromatic heterocycles. The van der Waals surface area contributed by atoms with Gasteiger partial charge in [0.25, 0.3) is 0 Å². The Morgan fingerprint density at radius 1 is 0.950 bits per heavy atom. The molecule has 2 nitrogen and oxygen atoms in total. The van der Waals surface area contributed by atoms with Crippen molar-refractivity contribution in [3.63, 3.8) is 0 Å². The fourth-order valence-electron chi connectivity index (χ4n) is 2.39. The summed E-state index contributed by atoms with van der Waals surface area (Å²) in [4.78, 5) is 0. The van der Waals surface area contributed by atoms with E-state index in [0.717, 1.165) is 5.76 Å². The van der Waals surface area contributed by atoms with Gasteiger partial charge in [0.05, 0.1) is 12.3 Å². The maximum Gasteiger partial charge on any atom is 0.125 e. The predicted octanol–water partition coefficient (Wildman–Crippen LogP) is 5.70. The Hall–Kier alpha value is -1.70. The fraction of sp³-hybridized carbons (Fsp3) is 0.444. The first-order valence-corrected chi connectivity index (χ1v) is 7.42. The van der Waals surface area contributed by atoms with Gasteiger partial charge in [-0.15, -0.1) is 0 Å². The van der Waals surface area contributed by atoms with Crippen LogP contribution in [0.2, 0.25) is 0 Å². The topological polar surface area (TPSA) is 25.2 Å². The second-order valence-electron chi connectivity index (χ2n) is 6.04. The van der Waals surface area contributed by atoms with Crippen molar-refractivity contribution in [2.24, 2.45) is 0 Å². The van der Waals surface area contributed by atoms with Crippen molar-refractivity contribution in [3.05, 3.63) is 53.5 Å². The number of furan rings is 1. The van der Waals surface area contributed by atoms with Gasteiger partial charge < -0.3 is 9.73 Å². The number of rotatable bonds is 5. The number of hydrogen-bond donors (Lipinski definition) is 1. The van der Waals surface area contributed by atoms with Crippen LogP contribution in [0.1, 0.15) is 69.4 Å². The highest BCUT2D eigenvalue weighted by atomic mass is 16.3. The van der Waals surface area contributed by atoms with E-state index in [0.29, 0.717) is 11.8 Å². The summed E-state index contributed by atoms with van der Waals surface area (Å²) >= 11 is 0. The summed E-state index contributed by atoms with van der Waals surface area (Å²) in [5.74, 6) is 2.02. The summed E-state index contributed by atoms with van der Waals surface area (Å²) in [6.45, 7) is 11.1. The molecule has 0 saturated heterocycles. The lowest BCUT2D eigenvalue weighted by atomic mass is 9.94. The molecular formula is C18H25NO. The molecule has 1 aromatic carbocycles. The maximum atomic E-state index is 5.47. The summed E-state index contributed by atoms with van der Waals surface area (Å²) in [6.07, 6.45) is 1.72. The van der Waals surface area contributed by atoms with Gasteiger partial charge >= 0.3 is 0 Å². The smallest absolute Gasteiger partial charge is 0.125 e. The molecule has 2 rings (SSSR count). The van der Waals surface area contributed by atoms with Gasteiger partial charge in [0.2, 0.25) is 0 Å². The molecule has 0 aliphatic heterocycles. The van der Waals surface area contributed by atoms with Gasteiger partial charge in [-0.25, -0.2) is 0 Å². The van der Waals surface area contributed by atoms with E-state index in [9.17, 15) is 0 Å². The first-order valence-electron chi connectivity index (χ1n) is 7.42. The molecule has 1 unspecified atom stereocenters. The third kappa shape index (κ3) is 3.24. The Morgan fingerprint density at radius 3 is 2.25 bits per heavy atom. The monoisotopic (exact) mass is 271 g/mol. The number of hydrogen-bond acceptors (Lipinski definition) is 2. The molecule has 1 heterocycles. The predicted molar refractivity (Wildman–Crippen MR) is 85.4 cm³/mol. The van der Waals surface area contributed by atoms with E-state index in [1.165, 1.54) is 16.8 Å². The van der Waals surface area contributed by atoms with Crippen LogP contribution in [0.4, 0.5) is 5.69 Å². The van der Waals surface area contributed by atoms with E-state index in [1.54, 1.807) is 6.26 Å². The van der Waals surface area contributed by atoms with E-state index in [2.05, 4.69) is 58.1 Å². The van der Waals surface area contributed by atoms with Crippen molar-refractivity contribution in [2.75, 3.05) is 5.32 Å². The summed E-state index contributed by atoms with van der Waals surface area (Å²) in [7, 11) is 0. The van der Waals surface area contributed by atoms with E-state index in [4.69, 9.17) is 4.42 Å². The normalized spacial score (nSPS) is 12.9. The molecular weight excluding hydrogens is 246 g/mol. The van der Waals surface area contributed by atoms with Crippen LogP contribution in [0.3, 0.4) is 0 Å². The van der Waals surface area contributed by atoms with Crippen LogP contribution in [0.25, 0.3) is 0 Å². The number of nitrogens with one attached hydrogen (secondary N) is 1. The lowest BCUT2D eigenvalue weighted by Crippen LogP contribution is -2.09. The molecule has 0 radical (unpaired) electrons. The molecule has 2 aromatic rings. The average Bonchev–Trinajstić information content (AvgIpc) is 2.92. The molecule has 0 amide bonds. The van der Waals surface area contributed by atoms with Crippen molar-refractivity contribution in [1.82, 2.24) is 0 Å². The molecule has 1 N–H and O–H groups in total. The lowest BCUT2D eigenvalue weighted by Gasteiger charge is -2.20. The maximum absolute atomic E-state index is 5.47. The molecule has 0 fully saturated rings. The van der Waals surface area contributed by atoms with E-state index < -0.39 is 0 Å². The Labute approximate surface area is 122 Å². The molecule has 2 heteroatoms. The minimum absolute atomic E-state index is 0.174. The summed E-state index contributed by atoms with van der Waals surface area (Å²) < 4.78 is 5.47. The van der Waals surface area contributed by atoms with Crippen LogP contribution in [0.15, 0.2) is 41.0 Å². The zero-order valence-electron chi connectivity index (χ0n) is 13.1. The van der Waals surface area contributed by atoms with Gasteiger partial charge in [0.15, 0.2) is 0 Å². The van der Waals surface area contributed by atoms with Gasteiger partial charge in [-0.3, -0.25) is 0 Å². The largest absolute Gasteiger partial charge is 0.467 e. The number of benzene rings is 1. The Bertz CT molecular complexity index is 541. The molecule has 0 saturated carbocycles. The molecule has 0 bridgehead atoms. The third-order valence-electron chi connectivity index (χ3n) is 3.71. The highest BCUT2D eigenvalue weighted by Gasteiger charge is 2.13. The summed E-state index contributed by atoms with van der Waals surface area (Å²) in [5.41, 5.74) is 3.97. The van der Waals surface area contributed by atoms with Gasteiger partial charge in [-0.2, -0.15) is 0 Å². The van der Waals surface area contributed by atoms with Crippen LogP contribution >= 0.6 is 0 Å². The highest BCUT2D eigenvalue weighted by molar-refractivity contribution is 5.55. The second-order valence-corrected chi connectivity index (χ2v) is 6.04.